The maximum absolute atomic E-state index is 12.6. The van der Waals surface area contributed by atoms with E-state index in [1.54, 1.807) is 23.6 Å². The fourth-order valence-electron chi connectivity index (χ4n) is 3.37. The highest BCUT2D eigenvalue weighted by Crippen LogP contribution is 2.16. The number of imidazole rings is 1. The molecule has 130 valence electrons. The number of aryl methyl sites for hydroxylation is 2. The van der Waals surface area contributed by atoms with Crippen LogP contribution in [0.3, 0.4) is 0 Å². The van der Waals surface area contributed by atoms with Crippen LogP contribution in [0.15, 0.2) is 15.9 Å². The van der Waals surface area contributed by atoms with Gasteiger partial charge in [-0.3, -0.25) is 14.2 Å². The molecule has 0 aromatic carbocycles. The molecule has 1 aliphatic rings. The molecule has 1 N–H and O–H groups in total. The monoisotopic (exact) mass is 334 g/mol. The number of likely N-dealkylation sites (N-methyl/N-ethyl adjacent to an activating group) is 1. The van der Waals surface area contributed by atoms with Crippen LogP contribution in [0.4, 0.5) is 0 Å². The van der Waals surface area contributed by atoms with E-state index < -0.39 is 11.2 Å². The molecule has 1 amide bonds. The average molecular weight is 334 g/mol. The molecule has 9 nitrogen and oxygen atoms in total. The van der Waals surface area contributed by atoms with E-state index in [9.17, 15) is 14.4 Å². The molecule has 3 heterocycles. The summed E-state index contributed by atoms with van der Waals surface area (Å²) in [6.07, 6.45) is 3.35. The van der Waals surface area contributed by atoms with Crippen LogP contribution in [0, 0.1) is 0 Å². The van der Waals surface area contributed by atoms with E-state index in [0.717, 1.165) is 17.4 Å². The van der Waals surface area contributed by atoms with Crippen LogP contribution in [0.2, 0.25) is 0 Å². The predicted octanol–water partition coefficient (Wildman–Crippen LogP) is -1.36. The Hall–Kier alpha value is -2.42. The molecule has 24 heavy (non-hydrogen) atoms. The van der Waals surface area contributed by atoms with Gasteiger partial charge in [-0.2, -0.15) is 0 Å². The molecule has 3 rings (SSSR count). The van der Waals surface area contributed by atoms with Crippen molar-refractivity contribution in [2.24, 2.45) is 14.1 Å². The van der Waals surface area contributed by atoms with E-state index in [0.29, 0.717) is 24.3 Å². The zero-order chi connectivity index (χ0) is 17.4. The first-order valence-electron chi connectivity index (χ1n) is 8.00. The number of likely N-dealkylation sites (tertiary alicyclic amines) is 1. The van der Waals surface area contributed by atoms with Crippen molar-refractivity contribution in [3.8, 4) is 0 Å². The fourth-order valence-corrected chi connectivity index (χ4v) is 3.37. The van der Waals surface area contributed by atoms with E-state index in [-0.39, 0.29) is 18.5 Å². The minimum absolute atomic E-state index is 0.113. The normalized spacial score (nSPS) is 17.8. The molecular formula is C15H22N6O3. The molecule has 0 saturated carbocycles. The smallest absolute Gasteiger partial charge is 0.332 e. The van der Waals surface area contributed by atoms with Crippen molar-refractivity contribution in [1.82, 2.24) is 28.9 Å². The summed E-state index contributed by atoms with van der Waals surface area (Å²) >= 11 is 0. The van der Waals surface area contributed by atoms with Gasteiger partial charge in [-0.25, -0.2) is 14.3 Å². The van der Waals surface area contributed by atoms with Crippen molar-refractivity contribution in [3.63, 3.8) is 0 Å². The number of hydrogen-bond donors (Lipinski definition) is 1. The zero-order valence-corrected chi connectivity index (χ0v) is 14.2. The summed E-state index contributed by atoms with van der Waals surface area (Å²) in [6, 6.07) is 0.113. The highest BCUT2D eigenvalue weighted by Gasteiger charge is 2.29. The van der Waals surface area contributed by atoms with Gasteiger partial charge in [0.2, 0.25) is 5.91 Å². The summed E-state index contributed by atoms with van der Waals surface area (Å²) in [7, 11) is 5.09. The van der Waals surface area contributed by atoms with Crippen molar-refractivity contribution in [2.75, 3.05) is 20.1 Å². The number of carbonyl (C=O) groups excluding carboxylic acids is 1. The third kappa shape index (κ3) is 2.54. The molecule has 0 radical (unpaired) electrons. The standard InChI is InChI=1S/C15H22N6O3/c1-16-7-10-5-4-6-20(10)11(22)8-21-14(23)12-13(17-9-18(12)2)19(3)15(21)24/h9-10,16H,4-8H2,1-3H3. The summed E-state index contributed by atoms with van der Waals surface area (Å²) in [4.78, 5) is 43.6. The number of rotatable bonds is 4. The van der Waals surface area contributed by atoms with Crippen LogP contribution >= 0.6 is 0 Å². The van der Waals surface area contributed by atoms with Crippen LogP contribution in [0.5, 0.6) is 0 Å². The van der Waals surface area contributed by atoms with Crippen LogP contribution in [0.1, 0.15) is 12.8 Å². The Morgan fingerprint density at radius 3 is 2.83 bits per heavy atom. The summed E-state index contributed by atoms with van der Waals surface area (Å²) < 4.78 is 3.87. The molecule has 0 spiro atoms. The van der Waals surface area contributed by atoms with E-state index in [1.165, 1.54) is 10.9 Å². The topological polar surface area (TPSA) is 94.2 Å². The van der Waals surface area contributed by atoms with Crippen LogP contribution in [-0.4, -0.2) is 55.7 Å². The molecule has 1 atom stereocenters. The molecule has 1 saturated heterocycles. The van der Waals surface area contributed by atoms with E-state index in [2.05, 4.69) is 10.3 Å². The quantitative estimate of drug-likeness (QED) is 0.746. The van der Waals surface area contributed by atoms with Crippen LogP contribution < -0.4 is 16.6 Å². The summed E-state index contributed by atoms with van der Waals surface area (Å²) in [5.74, 6) is -0.200. The zero-order valence-electron chi connectivity index (χ0n) is 14.2. The number of amides is 1. The molecule has 2 aromatic rings. The SMILES string of the molecule is CNCC1CCCN1C(=O)Cn1c(=O)c2c(ncn2C)n(C)c1=O. The van der Waals surface area contributed by atoms with E-state index >= 15 is 0 Å². The maximum Gasteiger partial charge on any atom is 0.332 e. The maximum atomic E-state index is 12.6. The highest BCUT2D eigenvalue weighted by atomic mass is 16.2. The highest BCUT2D eigenvalue weighted by molar-refractivity contribution is 5.77. The van der Waals surface area contributed by atoms with Crippen molar-refractivity contribution in [3.05, 3.63) is 27.2 Å². The van der Waals surface area contributed by atoms with Gasteiger partial charge >= 0.3 is 5.69 Å². The molecule has 0 aliphatic carbocycles. The number of hydrogen-bond acceptors (Lipinski definition) is 5. The molecule has 9 heteroatoms. The second-order valence-corrected chi connectivity index (χ2v) is 6.20. The predicted molar refractivity (Wildman–Crippen MR) is 88.9 cm³/mol. The van der Waals surface area contributed by atoms with E-state index in [4.69, 9.17) is 0 Å². The summed E-state index contributed by atoms with van der Waals surface area (Å²) in [6.45, 7) is 1.13. The van der Waals surface area contributed by atoms with Gasteiger partial charge < -0.3 is 14.8 Å². The van der Waals surface area contributed by atoms with Crippen molar-refractivity contribution in [1.29, 1.82) is 0 Å². The Kier molecular flexibility index (Phi) is 4.27. The first-order valence-corrected chi connectivity index (χ1v) is 8.00. The first kappa shape index (κ1) is 16.4. The lowest BCUT2D eigenvalue weighted by molar-refractivity contribution is -0.132. The minimum atomic E-state index is -0.524. The van der Waals surface area contributed by atoms with Crippen molar-refractivity contribution < 1.29 is 4.79 Å². The largest absolute Gasteiger partial charge is 0.337 e. The van der Waals surface area contributed by atoms with Crippen molar-refractivity contribution >= 4 is 17.1 Å². The van der Waals surface area contributed by atoms with Gasteiger partial charge in [0.25, 0.3) is 5.56 Å². The second kappa shape index (κ2) is 6.23. The molecule has 0 bridgehead atoms. The van der Waals surface area contributed by atoms with Crippen LogP contribution in [0.25, 0.3) is 11.2 Å². The molecule has 1 aliphatic heterocycles. The van der Waals surface area contributed by atoms with E-state index in [1.807, 2.05) is 7.05 Å². The lowest BCUT2D eigenvalue weighted by atomic mass is 10.2. The average Bonchev–Trinajstić information content (AvgIpc) is 3.16. The summed E-state index contributed by atoms with van der Waals surface area (Å²) in [5, 5.41) is 3.08. The lowest BCUT2D eigenvalue weighted by Crippen LogP contribution is -2.47. The first-order chi connectivity index (χ1) is 11.5. The third-order valence-corrected chi connectivity index (χ3v) is 4.63. The number of carbonyl (C=O) groups is 1. The molecule has 2 aromatic heterocycles. The Morgan fingerprint density at radius 2 is 2.12 bits per heavy atom. The van der Waals surface area contributed by atoms with Gasteiger partial charge in [-0.05, 0) is 19.9 Å². The number of aromatic nitrogens is 4. The number of nitrogens with zero attached hydrogens (tertiary/aromatic N) is 5. The van der Waals surface area contributed by atoms with Crippen molar-refractivity contribution in [2.45, 2.75) is 25.4 Å². The van der Waals surface area contributed by atoms with Gasteiger partial charge in [0.15, 0.2) is 11.2 Å². The van der Waals surface area contributed by atoms with Crippen LogP contribution in [-0.2, 0) is 25.4 Å². The molecule has 1 fully saturated rings. The van der Waals surface area contributed by atoms with Gasteiger partial charge in [0, 0.05) is 33.2 Å². The third-order valence-electron chi connectivity index (χ3n) is 4.63. The number of fused-ring (bicyclic) bond motifs is 1. The Labute approximate surface area is 138 Å². The van der Waals surface area contributed by atoms with Gasteiger partial charge in [-0.1, -0.05) is 0 Å². The summed E-state index contributed by atoms with van der Waals surface area (Å²) in [5.41, 5.74) is -0.363. The Morgan fingerprint density at radius 1 is 1.38 bits per heavy atom. The van der Waals surface area contributed by atoms with Gasteiger partial charge in [0.1, 0.15) is 6.54 Å². The number of nitrogens with one attached hydrogen (secondary N) is 1. The fraction of sp³-hybridized carbons (Fsp3) is 0.600. The Bertz CT molecular complexity index is 893. The van der Waals surface area contributed by atoms with Gasteiger partial charge in [0.05, 0.1) is 6.33 Å². The Balaban J connectivity index is 1.98. The lowest BCUT2D eigenvalue weighted by Gasteiger charge is -2.24. The van der Waals surface area contributed by atoms with Gasteiger partial charge in [-0.15, -0.1) is 0 Å². The second-order valence-electron chi connectivity index (χ2n) is 6.20. The molecule has 1 unspecified atom stereocenters. The molecular weight excluding hydrogens is 312 g/mol. The minimum Gasteiger partial charge on any atom is -0.337 e.